The zero-order valence-electron chi connectivity index (χ0n) is 16.4. The number of hydrogen-bond donors (Lipinski definition) is 1. The third-order valence-corrected chi connectivity index (χ3v) is 4.36. The lowest BCUT2D eigenvalue weighted by atomic mass is 10.1. The predicted octanol–water partition coefficient (Wildman–Crippen LogP) is 1.23. The van der Waals surface area contributed by atoms with E-state index in [4.69, 9.17) is 9.47 Å². The van der Waals surface area contributed by atoms with Crippen molar-refractivity contribution in [1.29, 1.82) is 0 Å². The van der Waals surface area contributed by atoms with E-state index in [-0.39, 0.29) is 18.0 Å². The van der Waals surface area contributed by atoms with E-state index in [9.17, 15) is 9.59 Å². The summed E-state index contributed by atoms with van der Waals surface area (Å²) in [5, 5.41) is 2.82. The second-order valence-corrected chi connectivity index (χ2v) is 6.12. The van der Waals surface area contributed by atoms with Crippen LogP contribution in [-0.4, -0.2) is 46.2 Å². The van der Waals surface area contributed by atoms with Gasteiger partial charge in [0.2, 0.25) is 0 Å². The monoisotopic (exact) mass is 395 g/mol. The van der Waals surface area contributed by atoms with E-state index in [0.717, 1.165) is 0 Å². The van der Waals surface area contributed by atoms with Gasteiger partial charge in [0.25, 0.3) is 11.5 Å². The highest BCUT2D eigenvalue weighted by atomic mass is 16.5. The summed E-state index contributed by atoms with van der Waals surface area (Å²) in [7, 11) is 4.67. The molecule has 0 saturated heterocycles. The van der Waals surface area contributed by atoms with Crippen molar-refractivity contribution < 1.29 is 14.3 Å². The van der Waals surface area contributed by atoms with Crippen LogP contribution in [0.1, 0.15) is 16.2 Å². The van der Waals surface area contributed by atoms with E-state index in [0.29, 0.717) is 40.7 Å². The second kappa shape index (κ2) is 8.96. The lowest BCUT2D eigenvalue weighted by molar-refractivity contribution is 0.0950. The Morgan fingerprint density at radius 2 is 1.97 bits per heavy atom. The number of nitrogens with one attached hydrogen (secondary N) is 1. The van der Waals surface area contributed by atoms with Crippen LogP contribution in [0.25, 0.3) is 11.4 Å². The predicted molar refractivity (Wildman–Crippen MR) is 106 cm³/mol. The molecule has 0 unspecified atom stereocenters. The summed E-state index contributed by atoms with van der Waals surface area (Å²) in [5.41, 5.74) is 1.18. The molecule has 9 nitrogen and oxygen atoms in total. The normalized spacial score (nSPS) is 10.4. The number of hydrogen-bond acceptors (Lipinski definition) is 7. The molecule has 29 heavy (non-hydrogen) atoms. The van der Waals surface area contributed by atoms with Gasteiger partial charge in [-0.25, -0.2) is 15.0 Å². The van der Waals surface area contributed by atoms with Crippen molar-refractivity contribution in [2.75, 3.05) is 20.8 Å². The number of rotatable bonds is 7. The number of ether oxygens (including phenoxy) is 2. The molecule has 0 radical (unpaired) electrons. The molecule has 2 heterocycles. The molecule has 3 aromatic rings. The Hall–Kier alpha value is -3.75. The molecule has 0 bridgehead atoms. The maximum atomic E-state index is 12.6. The van der Waals surface area contributed by atoms with Crippen LogP contribution in [0, 0.1) is 0 Å². The first-order valence-electron chi connectivity index (χ1n) is 8.87. The van der Waals surface area contributed by atoms with E-state index >= 15 is 0 Å². The molecule has 0 atom stereocenters. The van der Waals surface area contributed by atoms with Gasteiger partial charge in [-0.1, -0.05) is 0 Å². The van der Waals surface area contributed by atoms with Crippen LogP contribution in [0.5, 0.6) is 11.5 Å². The largest absolute Gasteiger partial charge is 0.497 e. The Morgan fingerprint density at radius 1 is 1.14 bits per heavy atom. The molecule has 1 amide bonds. The SMILES string of the molecule is COc1ccc(OC)c(C(=O)NCCc2nc(-c3ccncn3)cc(=O)n2C)c1. The number of aromatic nitrogens is 4. The zero-order valence-corrected chi connectivity index (χ0v) is 16.4. The van der Waals surface area contributed by atoms with Crippen molar-refractivity contribution in [3.8, 4) is 22.9 Å². The second-order valence-electron chi connectivity index (χ2n) is 6.12. The lowest BCUT2D eigenvalue weighted by Gasteiger charge is -2.12. The molecule has 1 aromatic carbocycles. The molecule has 9 heteroatoms. The number of methoxy groups -OCH3 is 2. The molecule has 0 aliphatic carbocycles. The molecule has 150 valence electrons. The third-order valence-electron chi connectivity index (χ3n) is 4.36. The summed E-state index contributed by atoms with van der Waals surface area (Å²) < 4.78 is 11.9. The smallest absolute Gasteiger partial charge is 0.255 e. The number of nitrogens with zero attached hydrogens (tertiary/aromatic N) is 4. The van der Waals surface area contributed by atoms with Crippen LogP contribution < -0.4 is 20.3 Å². The Kier molecular flexibility index (Phi) is 6.18. The standard InChI is InChI=1S/C20H21N5O4/c1-25-18(24-16(11-19(25)26)15-6-8-21-12-23-15)7-9-22-20(27)14-10-13(28-2)4-5-17(14)29-3/h4-6,8,10-12H,7,9H2,1-3H3,(H,22,27). The lowest BCUT2D eigenvalue weighted by Crippen LogP contribution is -2.29. The Labute approximate surface area is 167 Å². The molecule has 1 N–H and O–H groups in total. The Morgan fingerprint density at radius 3 is 2.66 bits per heavy atom. The fourth-order valence-electron chi connectivity index (χ4n) is 2.76. The first-order chi connectivity index (χ1) is 14.0. The maximum Gasteiger partial charge on any atom is 0.255 e. The van der Waals surface area contributed by atoms with E-state index < -0.39 is 0 Å². The van der Waals surface area contributed by atoms with E-state index in [2.05, 4.69) is 20.3 Å². The highest BCUT2D eigenvalue weighted by molar-refractivity contribution is 5.97. The van der Waals surface area contributed by atoms with Crippen molar-refractivity contribution in [3.05, 3.63) is 64.6 Å². The van der Waals surface area contributed by atoms with E-state index in [1.807, 2.05) is 0 Å². The number of benzene rings is 1. The summed E-state index contributed by atoms with van der Waals surface area (Å²) >= 11 is 0. The van der Waals surface area contributed by atoms with Gasteiger partial charge in [-0.05, 0) is 24.3 Å². The van der Waals surface area contributed by atoms with Crippen molar-refractivity contribution in [1.82, 2.24) is 24.8 Å². The maximum absolute atomic E-state index is 12.6. The van der Waals surface area contributed by atoms with Crippen LogP contribution >= 0.6 is 0 Å². The minimum atomic E-state index is -0.308. The van der Waals surface area contributed by atoms with Crippen molar-refractivity contribution >= 4 is 5.91 Å². The molecular formula is C20H21N5O4. The Balaban J connectivity index is 1.75. The molecule has 3 rings (SSSR count). The average Bonchev–Trinajstić information content (AvgIpc) is 2.76. The van der Waals surface area contributed by atoms with Gasteiger partial charge < -0.3 is 14.8 Å². The van der Waals surface area contributed by atoms with Crippen molar-refractivity contribution in [3.63, 3.8) is 0 Å². The molecule has 0 aliphatic heterocycles. The van der Waals surface area contributed by atoms with Gasteiger partial charge in [0, 0.05) is 32.3 Å². The summed E-state index contributed by atoms with van der Waals surface area (Å²) in [4.78, 5) is 37.3. The van der Waals surface area contributed by atoms with Crippen molar-refractivity contribution in [2.45, 2.75) is 6.42 Å². The highest BCUT2D eigenvalue weighted by Gasteiger charge is 2.14. The van der Waals surface area contributed by atoms with Gasteiger partial charge >= 0.3 is 0 Å². The van der Waals surface area contributed by atoms with E-state index in [1.54, 1.807) is 37.5 Å². The highest BCUT2D eigenvalue weighted by Crippen LogP contribution is 2.23. The van der Waals surface area contributed by atoms with Crippen LogP contribution in [-0.2, 0) is 13.5 Å². The number of carbonyl (C=O) groups is 1. The van der Waals surface area contributed by atoms with Crippen molar-refractivity contribution in [2.24, 2.45) is 7.05 Å². The fraction of sp³-hybridized carbons (Fsp3) is 0.250. The minimum Gasteiger partial charge on any atom is -0.497 e. The summed E-state index contributed by atoms with van der Waals surface area (Å²) in [6.07, 6.45) is 3.35. The minimum absolute atomic E-state index is 0.204. The summed E-state index contributed by atoms with van der Waals surface area (Å²) in [6.45, 7) is 0.284. The van der Waals surface area contributed by atoms with Crippen LogP contribution in [0.2, 0.25) is 0 Å². The summed E-state index contributed by atoms with van der Waals surface area (Å²) in [6, 6.07) is 8.10. The number of carbonyl (C=O) groups excluding carboxylic acids is 1. The molecule has 0 saturated carbocycles. The zero-order chi connectivity index (χ0) is 20.8. The van der Waals surface area contributed by atoms with Crippen LogP contribution in [0.3, 0.4) is 0 Å². The van der Waals surface area contributed by atoms with Gasteiger partial charge in [-0.3, -0.25) is 14.2 Å². The van der Waals surface area contributed by atoms with Gasteiger partial charge in [-0.2, -0.15) is 0 Å². The van der Waals surface area contributed by atoms with Gasteiger partial charge in [-0.15, -0.1) is 0 Å². The first-order valence-corrected chi connectivity index (χ1v) is 8.87. The molecule has 0 aliphatic rings. The fourth-order valence-corrected chi connectivity index (χ4v) is 2.76. The van der Waals surface area contributed by atoms with Gasteiger partial charge in [0.15, 0.2) is 0 Å². The topological polar surface area (TPSA) is 108 Å². The summed E-state index contributed by atoms with van der Waals surface area (Å²) in [5.74, 6) is 1.22. The van der Waals surface area contributed by atoms with Gasteiger partial charge in [0.1, 0.15) is 23.7 Å². The quantitative estimate of drug-likeness (QED) is 0.641. The molecule has 0 spiro atoms. The molecule has 2 aromatic heterocycles. The first kappa shape index (κ1) is 20.0. The molecular weight excluding hydrogens is 374 g/mol. The average molecular weight is 395 g/mol. The number of amides is 1. The molecule has 0 fully saturated rings. The Bertz CT molecular complexity index is 1070. The third kappa shape index (κ3) is 4.57. The van der Waals surface area contributed by atoms with Crippen LogP contribution in [0.15, 0.2) is 47.7 Å². The van der Waals surface area contributed by atoms with Crippen LogP contribution in [0.4, 0.5) is 0 Å². The van der Waals surface area contributed by atoms with E-state index in [1.165, 1.54) is 31.2 Å². The van der Waals surface area contributed by atoms with Gasteiger partial charge in [0.05, 0.1) is 31.2 Å².